The van der Waals surface area contributed by atoms with Crippen molar-refractivity contribution in [1.29, 1.82) is 0 Å². The smallest absolute Gasteiger partial charge is 0.0556 e. The molecule has 0 saturated carbocycles. The van der Waals surface area contributed by atoms with Crippen molar-refractivity contribution in [3.63, 3.8) is 0 Å². The van der Waals surface area contributed by atoms with E-state index < -0.39 is 0 Å². The lowest BCUT2D eigenvalue weighted by molar-refractivity contribution is 0.849. The second kappa shape index (κ2) is 4.95. The number of aryl methyl sites for hydroxylation is 4. The molecular formula is C17H21N. The molecule has 0 amide bonds. The Hall–Kier alpha value is -1.60. The van der Waals surface area contributed by atoms with Gasteiger partial charge < -0.3 is 5.73 Å². The van der Waals surface area contributed by atoms with E-state index in [1.54, 1.807) is 0 Å². The highest BCUT2D eigenvalue weighted by Crippen LogP contribution is 2.27. The third kappa shape index (κ3) is 2.32. The lowest BCUT2D eigenvalue weighted by Crippen LogP contribution is -2.15. The summed E-state index contributed by atoms with van der Waals surface area (Å²) in [6.07, 6.45) is 0. The number of rotatable bonds is 2. The van der Waals surface area contributed by atoms with Gasteiger partial charge in [-0.2, -0.15) is 0 Å². The predicted molar refractivity (Wildman–Crippen MR) is 77.9 cm³/mol. The highest BCUT2D eigenvalue weighted by atomic mass is 14.6. The second-order valence-electron chi connectivity index (χ2n) is 5.13. The molecule has 94 valence electrons. The van der Waals surface area contributed by atoms with E-state index in [0.717, 1.165) is 0 Å². The van der Waals surface area contributed by atoms with Gasteiger partial charge in [0.25, 0.3) is 0 Å². The Balaban J connectivity index is 2.50. The maximum Gasteiger partial charge on any atom is 0.0556 e. The highest BCUT2D eigenvalue weighted by Gasteiger charge is 2.14. The van der Waals surface area contributed by atoms with Crippen molar-refractivity contribution >= 4 is 0 Å². The van der Waals surface area contributed by atoms with E-state index in [-0.39, 0.29) is 6.04 Å². The minimum atomic E-state index is -0.0366. The van der Waals surface area contributed by atoms with Crippen LogP contribution in [-0.2, 0) is 0 Å². The minimum absolute atomic E-state index is 0.0366. The molecule has 2 aromatic rings. The molecule has 18 heavy (non-hydrogen) atoms. The predicted octanol–water partition coefficient (Wildman–Crippen LogP) is 3.97. The van der Waals surface area contributed by atoms with Crippen LogP contribution >= 0.6 is 0 Å². The van der Waals surface area contributed by atoms with Gasteiger partial charge in [0.15, 0.2) is 0 Å². The van der Waals surface area contributed by atoms with Crippen LogP contribution < -0.4 is 5.73 Å². The van der Waals surface area contributed by atoms with E-state index >= 15 is 0 Å². The summed E-state index contributed by atoms with van der Waals surface area (Å²) >= 11 is 0. The fourth-order valence-electron chi connectivity index (χ4n) is 2.42. The Morgan fingerprint density at radius 3 is 2.00 bits per heavy atom. The summed E-state index contributed by atoms with van der Waals surface area (Å²) in [6, 6.07) is 12.8. The molecule has 2 N–H and O–H groups in total. The topological polar surface area (TPSA) is 26.0 Å². The van der Waals surface area contributed by atoms with E-state index in [4.69, 9.17) is 5.73 Å². The van der Waals surface area contributed by atoms with Crippen molar-refractivity contribution in [2.45, 2.75) is 33.7 Å². The third-order valence-electron chi connectivity index (χ3n) is 3.74. The number of benzene rings is 2. The van der Waals surface area contributed by atoms with Crippen molar-refractivity contribution in [2.24, 2.45) is 5.73 Å². The van der Waals surface area contributed by atoms with E-state index in [2.05, 4.69) is 64.1 Å². The highest BCUT2D eigenvalue weighted by molar-refractivity contribution is 5.43. The maximum atomic E-state index is 6.44. The lowest BCUT2D eigenvalue weighted by atomic mass is 9.90. The average Bonchev–Trinajstić information content (AvgIpc) is 2.33. The summed E-state index contributed by atoms with van der Waals surface area (Å²) < 4.78 is 0. The monoisotopic (exact) mass is 239 g/mol. The van der Waals surface area contributed by atoms with Crippen LogP contribution in [0.25, 0.3) is 0 Å². The first-order valence-electron chi connectivity index (χ1n) is 6.39. The molecule has 0 aliphatic heterocycles. The Morgan fingerprint density at radius 1 is 0.722 bits per heavy atom. The molecular weight excluding hydrogens is 218 g/mol. The molecule has 1 heteroatoms. The summed E-state index contributed by atoms with van der Waals surface area (Å²) in [4.78, 5) is 0. The maximum absolute atomic E-state index is 6.44. The molecule has 0 saturated heterocycles. The van der Waals surface area contributed by atoms with E-state index in [1.807, 2.05) is 0 Å². The van der Waals surface area contributed by atoms with Crippen molar-refractivity contribution in [1.82, 2.24) is 0 Å². The summed E-state index contributed by atoms with van der Waals surface area (Å²) in [6.45, 7) is 8.54. The minimum Gasteiger partial charge on any atom is -0.320 e. The molecule has 1 atom stereocenters. The molecule has 0 heterocycles. The zero-order valence-electron chi connectivity index (χ0n) is 11.6. The molecule has 0 spiro atoms. The second-order valence-corrected chi connectivity index (χ2v) is 5.13. The normalized spacial score (nSPS) is 12.5. The summed E-state index contributed by atoms with van der Waals surface area (Å²) in [5, 5.41) is 0. The van der Waals surface area contributed by atoms with Crippen molar-refractivity contribution in [3.8, 4) is 0 Å². The molecule has 0 fully saturated rings. The Bertz CT molecular complexity index is 570. The Kier molecular flexibility index (Phi) is 3.53. The van der Waals surface area contributed by atoms with Gasteiger partial charge in [-0.15, -0.1) is 0 Å². The van der Waals surface area contributed by atoms with Gasteiger partial charge in [0.1, 0.15) is 0 Å². The van der Waals surface area contributed by atoms with Crippen LogP contribution in [-0.4, -0.2) is 0 Å². The quantitative estimate of drug-likeness (QED) is 0.843. The van der Waals surface area contributed by atoms with Gasteiger partial charge in [-0.05, 0) is 61.1 Å². The average molecular weight is 239 g/mol. The van der Waals surface area contributed by atoms with Crippen molar-refractivity contribution in [3.05, 3.63) is 69.8 Å². The lowest BCUT2D eigenvalue weighted by Gasteiger charge is -2.19. The fourth-order valence-corrected chi connectivity index (χ4v) is 2.42. The van der Waals surface area contributed by atoms with E-state index in [1.165, 1.54) is 33.4 Å². The zero-order chi connectivity index (χ0) is 13.3. The Morgan fingerprint density at radius 2 is 1.33 bits per heavy atom. The van der Waals surface area contributed by atoms with Crippen LogP contribution in [0.15, 0.2) is 36.4 Å². The molecule has 0 aromatic heterocycles. The number of hydrogen-bond donors (Lipinski definition) is 1. The SMILES string of the molecule is Cc1cc(C)c(C(N)c2ccccc2C)cc1C. The summed E-state index contributed by atoms with van der Waals surface area (Å²) in [5.74, 6) is 0. The van der Waals surface area contributed by atoms with Crippen LogP contribution in [0.1, 0.15) is 39.4 Å². The van der Waals surface area contributed by atoms with Gasteiger partial charge >= 0.3 is 0 Å². The van der Waals surface area contributed by atoms with Crippen LogP contribution in [0.4, 0.5) is 0 Å². The first-order chi connectivity index (χ1) is 8.50. The van der Waals surface area contributed by atoms with Crippen molar-refractivity contribution < 1.29 is 0 Å². The molecule has 0 aliphatic rings. The van der Waals surface area contributed by atoms with E-state index in [9.17, 15) is 0 Å². The van der Waals surface area contributed by atoms with E-state index in [0.29, 0.717) is 0 Å². The van der Waals surface area contributed by atoms with Crippen molar-refractivity contribution in [2.75, 3.05) is 0 Å². The van der Waals surface area contributed by atoms with Crippen LogP contribution in [0.2, 0.25) is 0 Å². The van der Waals surface area contributed by atoms with Gasteiger partial charge in [-0.1, -0.05) is 36.4 Å². The standard InChI is InChI=1S/C17H21N/c1-11-7-5-6-8-15(11)17(18)16-10-13(3)12(2)9-14(16)4/h5-10,17H,18H2,1-4H3. The zero-order valence-corrected chi connectivity index (χ0v) is 11.6. The molecule has 0 radical (unpaired) electrons. The van der Waals surface area contributed by atoms with Gasteiger partial charge in [-0.3, -0.25) is 0 Å². The number of nitrogens with two attached hydrogens (primary N) is 1. The molecule has 2 aromatic carbocycles. The molecule has 1 nitrogen and oxygen atoms in total. The van der Waals surface area contributed by atoms with Gasteiger partial charge in [0.05, 0.1) is 6.04 Å². The largest absolute Gasteiger partial charge is 0.320 e. The first-order valence-corrected chi connectivity index (χ1v) is 6.39. The number of hydrogen-bond acceptors (Lipinski definition) is 1. The van der Waals surface area contributed by atoms with Crippen LogP contribution in [0.3, 0.4) is 0 Å². The van der Waals surface area contributed by atoms with Gasteiger partial charge in [0.2, 0.25) is 0 Å². The fraction of sp³-hybridized carbons (Fsp3) is 0.294. The Labute approximate surface area is 110 Å². The van der Waals surface area contributed by atoms with Gasteiger partial charge in [0, 0.05) is 0 Å². The molecule has 2 rings (SSSR count). The third-order valence-corrected chi connectivity index (χ3v) is 3.74. The summed E-state index contributed by atoms with van der Waals surface area (Å²) in [7, 11) is 0. The van der Waals surface area contributed by atoms with Crippen LogP contribution in [0.5, 0.6) is 0 Å². The van der Waals surface area contributed by atoms with Crippen LogP contribution in [0, 0.1) is 27.7 Å². The molecule has 1 unspecified atom stereocenters. The molecule has 0 bridgehead atoms. The molecule has 0 aliphatic carbocycles. The first kappa shape index (κ1) is 12.8. The van der Waals surface area contributed by atoms with Gasteiger partial charge in [-0.25, -0.2) is 0 Å². The summed E-state index contributed by atoms with van der Waals surface area (Å²) in [5.41, 5.74) is 14.0.